The van der Waals surface area contributed by atoms with E-state index >= 15 is 0 Å². The van der Waals surface area contributed by atoms with Crippen LogP contribution < -0.4 is 10.6 Å². The first-order valence-corrected chi connectivity index (χ1v) is 6.94. The maximum absolute atomic E-state index is 12.0. The molecule has 21 heavy (non-hydrogen) atoms. The highest BCUT2D eigenvalue weighted by molar-refractivity contribution is 5.99. The van der Waals surface area contributed by atoms with Crippen LogP contribution in [0.3, 0.4) is 0 Å². The van der Waals surface area contributed by atoms with Gasteiger partial charge in [-0.3, -0.25) is 10.4 Å². The van der Waals surface area contributed by atoms with Gasteiger partial charge in [-0.2, -0.15) is 5.10 Å². The Bertz CT molecular complexity index is 663. The molecule has 6 nitrogen and oxygen atoms in total. The third kappa shape index (κ3) is 3.05. The number of rotatable bonds is 3. The molecule has 1 aromatic heterocycles. The van der Waals surface area contributed by atoms with Crippen molar-refractivity contribution in [1.82, 2.24) is 10.2 Å². The monoisotopic (exact) mass is 286 g/mol. The minimum atomic E-state index is -0.310. The molecule has 1 aliphatic rings. The van der Waals surface area contributed by atoms with Gasteiger partial charge in [-0.15, -0.1) is 0 Å². The molecule has 0 bridgehead atoms. The topological polar surface area (TPSA) is 79.0 Å². The second-order valence-electron chi connectivity index (χ2n) is 5.42. The van der Waals surface area contributed by atoms with Crippen LogP contribution in [0.5, 0.6) is 0 Å². The van der Waals surface area contributed by atoms with Crippen molar-refractivity contribution in [2.45, 2.75) is 33.0 Å². The van der Waals surface area contributed by atoms with Crippen LogP contribution in [0.2, 0.25) is 0 Å². The van der Waals surface area contributed by atoms with Gasteiger partial charge in [0, 0.05) is 17.4 Å². The molecule has 0 spiro atoms. The van der Waals surface area contributed by atoms with Gasteiger partial charge >= 0.3 is 6.03 Å². The van der Waals surface area contributed by atoms with Gasteiger partial charge in [0.2, 0.25) is 0 Å². The predicted octanol–water partition coefficient (Wildman–Crippen LogP) is 3.21. The number of aromatic nitrogens is 2. The summed E-state index contributed by atoms with van der Waals surface area (Å²) in [5.41, 5.74) is 4.03. The van der Waals surface area contributed by atoms with Crippen molar-refractivity contribution in [2.75, 3.05) is 10.6 Å². The minimum Gasteiger partial charge on any atom is -0.372 e. The van der Waals surface area contributed by atoms with Crippen LogP contribution in [0.4, 0.5) is 16.3 Å². The molecule has 0 aliphatic carbocycles. The molecular weight excluding hydrogens is 268 g/mol. The van der Waals surface area contributed by atoms with E-state index in [1.165, 1.54) is 5.56 Å². The van der Waals surface area contributed by atoms with E-state index in [2.05, 4.69) is 34.7 Å². The number of benzene rings is 1. The van der Waals surface area contributed by atoms with Crippen molar-refractivity contribution < 1.29 is 9.53 Å². The molecule has 110 valence electrons. The summed E-state index contributed by atoms with van der Waals surface area (Å²) < 4.78 is 5.35. The van der Waals surface area contributed by atoms with Crippen molar-refractivity contribution in [3.05, 3.63) is 41.1 Å². The SMILES string of the molecule is CC(C)c1cc(NC(=O)Nc2ccc3c(c2)COC3)n[nH]1. The molecule has 2 amide bonds. The Morgan fingerprint density at radius 1 is 1.24 bits per heavy atom. The summed E-state index contributed by atoms with van der Waals surface area (Å²) in [5.74, 6) is 0.855. The number of fused-ring (bicyclic) bond motifs is 1. The van der Waals surface area contributed by atoms with Crippen molar-refractivity contribution >= 4 is 17.5 Å². The van der Waals surface area contributed by atoms with Gasteiger partial charge in [-0.05, 0) is 29.2 Å². The Hall–Kier alpha value is -2.34. The Kier molecular flexibility index (Phi) is 3.62. The van der Waals surface area contributed by atoms with Gasteiger partial charge in [0.15, 0.2) is 5.82 Å². The average molecular weight is 286 g/mol. The molecule has 0 saturated carbocycles. The number of nitrogens with one attached hydrogen (secondary N) is 3. The Morgan fingerprint density at radius 2 is 2.05 bits per heavy atom. The zero-order valence-electron chi connectivity index (χ0n) is 12.1. The number of carbonyl (C=O) groups excluding carboxylic acids is 1. The van der Waals surface area contributed by atoms with Crippen LogP contribution in [0.15, 0.2) is 24.3 Å². The lowest BCUT2D eigenvalue weighted by atomic mass is 10.1. The number of nitrogens with zero attached hydrogens (tertiary/aromatic N) is 1. The Labute approximate surface area is 122 Å². The molecule has 0 radical (unpaired) electrons. The van der Waals surface area contributed by atoms with Gasteiger partial charge in [0.25, 0.3) is 0 Å². The summed E-state index contributed by atoms with van der Waals surface area (Å²) in [6.45, 7) is 5.37. The van der Waals surface area contributed by atoms with Gasteiger partial charge in [-0.1, -0.05) is 19.9 Å². The number of urea groups is 1. The van der Waals surface area contributed by atoms with Gasteiger partial charge in [0.1, 0.15) is 0 Å². The lowest BCUT2D eigenvalue weighted by Gasteiger charge is -2.07. The highest BCUT2D eigenvalue weighted by Gasteiger charge is 2.13. The normalized spacial score (nSPS) is 13.3. The molecule has 0 atom stereocenters. The number of amides is 2. The van der Waals surface area contributed by atoms with Crippen molar-refractivity contribution in [2.24, 2.45) is 0 Å². The molecule has 0 fully saturated rings. The maximum atomic E-state index is 12.0. The molecule has 3 N–H and O–H groups in total. The van der Waals surface area contributed by atoms with E-state index in [0.717, 1.165) is 16.9 Å². The highest BCUT2D eigenvalue weighted by Crippen LogP contribution is 2.23. The van der Waals surface area contributed by atoms with Gasteiger partial charge in [-0.25, -0.2) is 4.79 Å². The summed E-state index contributed by atoms with van der Waals surface area (Å²) in [4.78, 5) is 12.0. The van der Waals surface area contributed by atoms with Crippen LogP contribution in [0.25, 0.3) is 0 Å². The number of hydrogen-bond donors (Lipinski definition) is 3. The number of anilines is 2. The average Bonchev–Trinajstić information content (AvgIpc) is 3.06. The zero-order valence-corrected chi connectivity index (χ0v) is 12.1. The highest BCUT2D eigenvalue weighted by atomic mass is 16.5. The van der Waals surface area contributed by atoms with E-state index in [1.54, 1.807) is 0 Å². The zero-order chi connectivity index (χ0) is 14.8. The van der Waals surface area contributed by atoms with Crippen LogP contribution in [-0.4, -0.2) is 16.2 Å². The molecule has 0 saturated heterocycles. The third-order valence-corrected chi connectivity index (χ3v) is 3.44. The Morgan fingerprint density at radius 3 is 2.81 bits per heavy atom. The van der Waals surface area contributed by atoms with Crippen molar-refractivity contribution in [3.8, 4) is 0 Å². The minimum absolute atomic E-state index is 0.310. The standard InChI is InChI=1S/C15H18N4O2/c1-9(2)13-6-14(19-18-13)17-15(20)16-12-4-3-10-7-21-8-11(10)5-12/h3-6,9H,7-8H2,1-2H3,(H3,16,17,18,19,20). The molecule has 2 aromatic rings. The number of ether oxygens (including phenoxy) is 1. The summed E-state index contributed by atoms with van der Waals surface area (Å²) in [7, 11) is 0. The third-order valence-electron chi connectivity index (χ3n) is 3.44. The second kappa shape index (κ2) is 5.57. The van der Waals surface area contributed by atoms with Crippen LogP contribution in [0.1, 0.15) is 36.6 Å². The van der Waals surface area contributed by atoms with Crippen LogP contribution in [0, 0.1) is 0 Å². The maximum Gasteiger partial charge on any atom is 0.324 e. The molecule has 1 aliphatic heterocycles. The number of carbonyl (C=O) groups is 1. The molecule has 1 aromatic carbocycles. The van der Waals surface area contributed by atoms with Gasteiger partial charge in [0.05, 0.1) is 13.2 Å². The molecule has 0 unspecified atom stereocenters. The first kappa shape index (κ1) is 13.6. The van der Waals surface area contributed by atoms with Gasteiger partial charge < -0.3 is 10.1 Å². The first-order valence-electron chi connectivity index (χ1n) is 6.94. The van der Waals surface area contributed by atoms with E-state index in [0.29, 0.717) is 24.9 Å². The largest absolute Gasteiger partial charge is 0.372 e. The fraction of sp³-hybridized carbons (Fsp3) is 0.333. The van der Waals surface area contributed by atoms with Crippen molar-refractivity contribution in [3.63, 3.8) is 0 Å². The van der Waals surface area contributed by atoms with E-state index in [9.17, 15) is 4.79 Å². The van der Waals surface area contributed by atoms with Crippen molar-refractivity contribution in [1.29, 1.82) is 0 Å². The fourth-order valence-electron chi connectivity index (χ4n) is 2.22. The first-order chi connectivity index (χ1) is 10.1. The van der Waals surface area contributed by atoms with E-state index in [4.69, 9.17) is 4.74 Å². The molecule has 3 rings (SSSR count). The summed E-state index contributed by atoms with van der Waals surface area (Å²) in [6.07, 6.45) is 0. The predicted molar refractivity (Wildman–Crippen MR) is 80.3 cm³/mol. The van der Waals surface area contributed by atoms with Crippen LogP contribution in [-0.2, 0) is 18.0 Å². The summed E-state index contributed by atoms with van der Waals surface area (Å²) >= 11 is 0. The Balaban J connectivity index is 1.63. The summed E-state index contributed by atoms with van der Waals surface area (Å²) in [6, 6.07) is 7.31. The fourth-order valence-corrected chi connectivity index (χ4v) is 2.22. The number of H-pyrrole nitrogens is 1. The molecule has 2 heterocycles. The van der Waals surface area contributed by atoms with E-state index in [-0.39, 0.29) is 6.03 Å². The molecule has 6 heteroatoms. The second-order valence-corrected chi connectivity index (χ2v) is 5.42. The van der Waals surface area contributed by atoms with Crippen LogP contribution >= 0.6 is 0 Å². The van der Waals surface area contributed by atoms with E-state index in [1.807, 2.05) is 24.3 Å². The lowest BCUT2D eigenvalue weighted by molar-refractivity contribution is 0.134. The number of hydrogen-bond acceptors (Lipinski definition) is 3. The summed E-state index contributed by atoms with van der Waals surface area (Å²) in [5, 5.41) is 12.5. The molecular formula is C15H18N4O2. The lowest BCUT2D eigenvalue weighted by Crippen LogP contribution is -2.19. The van der Waals surface area contributed by atoms with E-state index < -0.39 is 0 Å². The smallest absolute Gasteiger partial charge is 0.324 e. The number of aromatic amines is 1. The quantitative estimate of drug-likeness (QED) is 0.810.